The molecule has 116 valence electrons. The van der Waals surface area contributed by atoms with Crippen LogP contribution in [0.1, 0.15) is 15.2 Å². The van der Waals surface area contributed by atoms with Gasteiger partial charge in [-0.3, -0.25) is 4.79 Å². The normalized spacial score (nSPS) is 11.0. The number of nitrogens with one attached hydrogen (secondary N) is 1. The Balaban J connectivity index is 1.75. The van der Waals surface area contributed by atoms with Crippen LogP contribution in [0.5, 0.6) is 5.75 Å². The first-order chi connectivity index (χ1) is 11.2. The average molecular weight is 345 g/mol. The third-order valence-corrected chi connectivity index (χ3v) is 4.89. The van der Waals surface area contributed by atoms with Crippen molar-refractivity contribution in [2.24, 2.45) is 5.10 Å². The molecular formula is C17H13ClN2O2S. The van der Waals surface area contributed by atoms with Crippen LogP contribution in [-0.4, -0.2) is 19.2 Å². The summed E-state index contributed by atoms with van der Waals surface area (Å²) in [6.07, 6.45) is 1.56. The Bertz CT molecular complexity index is 889. The number of benzene rings is 2. The van der Waals surface area contributed by atoms with E-state index in [0.29, 0.717) is 9.90 Å². The Labute approximate surface area is 142 Å². The predicted octanol–water partition coefficient (Wildman–Crippen LogP) is 4.33. The zero-order chi connectivity index (χ0) is 16.2. The Morgan fingerprint density at radius 2 is 2.09 bits per heavy atom. The smallest absolute Gasteiger partial charge is 0.283 e. The number of amides is 1. The van der Waals surface area contributed by atoms with Gasteiger partial charge < -0.3 is 4.74 Å². The van der Waals surface area contributed by atoms with Crippen LogP contribution in [0, 0.1) is 0 Å². The summed E-state index contributed by atoms with van der Waals surface area (Å²) >= 11 is 7.62. The summed E-state index contributed by atoms with van der Waals surface area (Å²) in [5, 5.41) is 5.31. The number of halogens is 1. The van der Waals surface area contributed by atoms with Gasteiger partial charge in [-0.15, -0.1) is 11.3 Å². The first-order valence-electron chi connectivity index (χ1n) is 6.83. The Morgan fingerprint density at radius 3 is 2.87 bits per heavy atom. The van der Waals surface area contributed by atoms with Crippen molar-refractivity contribution in [3.05, 3.63) is 64.0 Å². The third-order valence-electron chi connectivity index (χ3n) is 3.21. The molecule has 4 nitrogen and oxygen atoms in total. The summed E-state index contributed by atoms with van der Waals surface area (Å²) < 4.78 is 6.11. The van der Waals surface area contributed by atoms with Gasteiger partial charge in [-0.25, -0.2) is 5.43 Å². The fraction of sp³-hybridized carbons (Fsp3) is 0.0588. The Morgan fingerprint density at radius 1 is 1.26 bits per heavy atom. The molecule has 0 saturated heterocycles. The molecular weight excluding hydrogens is 332 g/mol. The van der Waals surface area contributed by atoms with Crippen LogP contribution in [0.25, 0.3) is 10.1 Å². The molecule has 3 aromatic rings. The van der Waals surface area contributed by atoms with Crippen molar-refractivity contribution >= 4 is 45.1 Å². The lowest BCUT2D eigenvalue weighted by Crippen LogP contribution is -2.16. The van der Waals surface area contributed by atoms with E-state index in [2.05, 4.69) is 10.5 Å². The minimum Gasteiger partial charge on any atom is -0.497 e. The maximum absolute atomic E-state index is 12.2. The predicted molar refractivity (Wildman–Crippen MR) is 94.9 cm³/mol. The lowest BCUT2D eigenvalue weighted by molar-refractivity contribution is 0.0959. The Kier molecular flexibility index (Phi) is 4.60. The molecule has 2 aromatic carbocycles. The van der Waals surface area contributed by atoms with Gasteiger partial charge in [-0.05, 0) is 23.8 Å². The molecule has 1 N–H and O–H groups in total. The number of carbonyl (C=O) groups is 1. The Hall–Kier alpha value is -2.37. The fourth-order valence-corrected chi connectivity index (χ4v) is 3.50. The highest BCUT2D eigenvalue weighted by Crippen LogP contribution is 2.34. The quantitative estimate of drug-likeness (QED) is 0.565. The summed E-state index contributed by atoms with van der Waals surface area (Å²) in [4.78, 5) is 12.7. The zero-order valence-corrected chi connectivity index (χ0v) is 13.8. The second-order valence-electron chi connectivity index (χ2n) is 4.72. The van der Waals surface area contributed by atoms with E-state index in [4.69, 9.17) is 16.3 Å². The summed E-state index contributed by atoms with van der Waals surface area (Å²) in [5.74, 6) is 0.406. The van der Waals surface area contributed by atoms with Gasteiger partial charge in [0.15, 0.2) is 0 Å². The molecule has 1 heterocycles. The van der Waals surface area contributed by atoms with Crippen molar-refractivity contribution < 1.29 is 9.53 Å². The van der Waals surface area contributed by atoms with Crippen molar-refractivity contribution in [2.75, 3.05) is 7.11 Å². The van der Waals surface area contributed by atoms with Gasteiger partial charge >= 0.3 is 0 Å². The van der Waals surface area contributed by atoms with Gasteiger partial charge in [-0.2, -0.15) is 5.10 Å². The highest BCUT2D eigenvalue weighted by molar-refractivity contribution is 7.21. The van der Waals surface area contributed by atoms with Crippen LogP contribution in [0.4, 0.5) is 0 Å². The topological polar surface area (TPSA) is 50.7 Å². The highest BCUT2D eigenvalue weighted by atomic mass is 35.5. The maximum Gasteiger partial charge on any atom is 0.283 e. The first kappa shape index (κ1) is 15.5. The fourth-order valence-electron chi connectivity index (χ4n) is 2.10. The molecule has 0 unspecified atom stereocenters. The largest absolute Gasteiger partial charge is 0.497 e. The van der Waals surface area contributed by atoms with E-state index in [1.165, 1.54) is 11.3 Å². The molecule has 6 heteroatoms. The lowest BCUT2D eigenvalue weighted by Gasteiger charge is -2.00. The maximum atomic E-state index is 12.2. The average Bonchev–Trinajstić information content (AvgIpc) is 2.92. The van der Waals surface area contributed by atoms with Crippen LogP contribution < -0.4 is 10.2 Å². The van der Waals surface area contributed by atoms with Crippen molar-refractivity contribution in [3.8, 4) is 5.75 Å². The summed E-state index contributed by atoms with van der Waals surface area (Å²) in [6, 6.07) is 15.0. The van der Waals surface area contributed by atoms with E-state index < -0.39 is 0 Å². The van der Waals surface area contributed by atoms with Crippen molar-refractivity contribution in [1.82, 2.24) is 5.43 Å². The van der Waals surface area contributed by atoms with Gasteiger partial charge in [-0.1, -0.05) is 41.9 Å². The summed E-state index contributed by atoms with van der Waals surface area (Å²) in [5.41, 5.74) is 3.33. The van der Waals surface area contributed by atoms with Crippen LogP contribution in [-0.2, 0) is 0 Å². The van der Waals surface area contributed by atoms with E-state index in [1.54, 1.807) is 13.3 Å². The molecule has 3 rings (SSSR count). The molecule has 0 spiro atoms. The van der Waals surface area contributed by atoms with Gasteiger partial charge in [0.25, 0.3) is 5.91 Å². The first-order valence-corrected chi connectivity index (χ1v) is 8.03. The molecule has 0 bridgehead atoms. The lowest BCUT2D eigenvalue weighted by atomic mass is 10.2. The highest BCUT2D eigenvalue weighted by Gasteiger charge is 2.16. The standard InChI is InChI=1S/C17H13ClN2O2S/c1-22-12-6-4-5-11(9-12)10-19-20-17(21)16-15(18)13-7-2-3-8-14(13)23-16/h2-10H,1H3,(H,20,21)/b19-10+. The molecule has 23 heavy (non-hydrogen) atoms. The number of hydrazone groups is 1. The SMILES string of the molecule is COc1cccc(/C=N/NC(=O)c2sc3ccccc3c2Cl)c1. The number of thiophene rings is 1. The number of fused-ring (bicyclic) bond motifs is 1. The number of carbonyl (C=O) groups excluding carboxylic acids is 1. The molecule has 0 atom stereocenters. The van der Waals surface area contributed by atoms with E-state index in [0.717, 1.165) is 21.4 Å². The number of nitrogens with zero attached hydrogens (tertiary/aromatic N) is 1. The molecule has 0 fully saturated rings. The molecule has 0 aliphatic rings. The third kappa shape index (κ3) is 3.36. The van der Waals surface area contributed by atoms with E-state index in [1.807, 2.05) is 48.5 Å². The molecule has 0 aliphatic carbocycles. The molecule has 0 radical (unpaired) electrons. The van der Waals surface area contributed by atoms with E-state index in [-0.39, 0.29) is 5.91 Å². The monoisotopic (exact) mass is 344 g/mol. The number of hydrogen-bond donors (Lipinski definition) is 1. The number of ether oxygens (including phenoxy) is 1. The van der Waals surface area contributed by atoms with Gasteiger partial charge in [0.2, 0.25) is 0 Å². The van der Waals surface area contributed by atoms with Gasteiger partial charge in [0, 0.05) is 10.1 Å². The molecule has 0 aliphatic heterocycles. The minimum atomic E-state index is -0.324. The van der Waals surface area contributed by atoms with Crippen LogP contribution in [0.2, 0.25) is 5.02 Å². The van der Waals surface area contributed by atoms with Crippen molar-refractivity contribution in [2.45, 2.75) is 0 Å². The van der Waals surface area contributed by atoms with E-state index in [9.17, 15) is 4.79 Å². The van der Waals surface area contributed by atoms with Crippen molar-refractivity contribution in [3.63, 3.8) is 0 Å². The summed E-state index contributed by atoms with van der Waals surface area (Å²) in [7, 11) is 1.60. The van der Waals surface area contributed by atoms with Gasteiger partial charge in [0.05, 0.1) is 18.3 Å². The molecule has 0 saturated carbocycles. The van der Waals surface area contributed by atoms with E-state index >= 15 is 0 Å². The molecule has 1 aromatic heterocycles. The number of hydrogen-bond acceptors (Lipinski definition) is 4. The van der Waals surface area contributed by atoms with Crippen LogP contribution in [0.3, 0.4) is 0 Å². The minimum absolute atomic E-state index is 0.324. The van der Waals surface area contributed by atoms with Crippen LogP contribution >= 0.6 is 22.9 Å². The van der Waals surface area contributed by atoms with Crippen LogP contribution in [0.15, 0.2) is 53.6 Å². The summed E-state index contributed by atoms with van der Waals surface area (Å²) in [6.45, 7) is 0. The zero-order valence-electron chi connectivity index (χ0n) is 12.2. The second kappa shape index (κ2) is 6.81. The van der Waals surface area contributed by atoms with Crippen molar-refractivity contribution in [1.29, 1.82) is 0 Å². The number of methoxy groups -OCH3 is 1. The van der Waals surface area contributed by atoms with Gasteiger partial charge in [0.1, 0.15) is 10.6 Å². The second-order valence-corrected chi connectivity index (χ2v) is 6.15. The number of rotatable bonds is 4. The molecule has 1 amide bonds.